The number of nitro groups is 1. The van der Waals surface area contributed by atoms with Crippen LogP contribution in [0.25, 0.3) is 0 Å². The summed E-state index contributed by atoms with van der Waals surface area (Å²) in [6.45, 7) is 10.4. The summed E-state index contributed by atoms with van der Waals surface area (Å²) in [6.07, 6.45) is 0.845. The third-order valence-corrected chi connectivity index (χ3v) is 5.03. The van der Waals surface area contributed by atoms with Gasteiger partial charge in [-0.1, -0.05) is 45.4 Å². The minimum atomic E-state index is -0.318. The predicted molar refractivity (Wildman–Crippen MR) is 96.6 cm³/mol. The van der Waals surface area contributed by atoms with Crippen LogP contribution >= 0.6 is 11.8 Å². The van der Waals surface area contributed by atoms with Gasteiger partial charge in [0.25, 0.3) is 0 Å². The minimum Gasteiger partial charge on any atom is -0.358 e. The molecule has 124 valence electrons. The molecular weight excluding hydrogens is 308 g/mol. The summed E-state index contributed by atoms with van der Waals surface area (Å²) >= 11 is 1.54. The molecule has 0 aliphatic carbocycles. The molecule has 0 spiro atoms. The van der Waals surface area contributed by atoms with Gasteiger partial charge in [0.15, 0.2) is 5.70 Å². The molecule has 4 nitrogen and oxygen atoms in total. The first-order chi connectivity index (χ1) is 10.8. The molecule has 0 radical (unpaired) electrons. The molecule has 0 saturated carbocycles. The van der Waals surface area contributed by atoms with Crippen LogP contribution in [0.1, 0.15) is 39.7 Å². The highest BCUT2D eigenvalue weighted by Crippen LogP contribution is 2.40. The van der Waals surface area contributed by atoms with E-state index in [-0.39, 0.29) is 21.9 Å². The molecule has 0 bridgehead atoms. The van der Waals surface area contributed by atoms with Crippen molar-refractivity contribution < 1.29 is 4.92 Å². The van der Waals surface area contributed by atoms with Gasteiger partial charge in [0.05, 0.1) is 0 Å². The maximum Gasteiger partial charge on any atom is 0.356 e. The molecule has 1 aromatic carbocycles. The molecular formula is C18H24N2O2S. The van der Waals surface area contributed by atoms with Crippen LogP contribution in [0.4, 0.5) is 0 Å². The largest absolute Gasteiger partial charge is 0.358 e. The van der Waals surface area contributed by atoms with Gasteiger partial charge in [-0.05, 0) is 41.3 Å². The number of rotatable bonds is 5. The Morgan fingerprint density at radius 3 is 2.30 bits per heavy atom. The monoisotopic (exact) mass is 332 g/mol. The van der Waals surface area contributed by atoms with Crippen molar-refractivity contribution in [3.8, 4) is 0 Å². The topological polar surface area (TPSA) is 55.5 Å². The number of nitrogens with zero attached hydrogens (tertiary/aromatic N) is 2. The summed E-state index contributed by atoms with van der Waals surface area (Å²) in [5, 5.41) is 11.2. The van der Waals surface area contributed by atoms with Crippen LogP contribution in [0.3, 0.4) is 0 Å². The van der Waals surface area contributed by atoms with E-state index < -0.39 is 0 Å². The number of hydrogen-bond acceptors (Lipinski definition) is 4. The summed E-state index contributed by atoms with van der Waals surface area (Å²) in [5.41, 5.74) is 3.20. The maximum atomic E-state index is 11.5. The van der Waals surface area contributed by atoms with Crippen molar-refractivity contribution in [2.75, 3.05) is 0 Å². The van der Waals surface area contributed by atoms with Gasteiger partial charge in [-0.2, -0.15) is 0 Å². The smallest absolute Gasteiger partial charge is 0.356 e. The van der Waals surface area contributed by atoms with Gasteiger partial charge in [0.2, 0.25) is 0 Å². The van der Waals surface area contributed by atoms with E-state index in [1.165, 1.54) is 17.3 Å². The Balaban J connectivity index is 2.39. The van der Waals surface area contributed by atoms with Crippen molar-refractivity contribution in [2.24, 2.45) is 16.8 Å². The highest BCUT2D eigenvalue weighted by atomic mass is 32.2. The standard InChI is InChI=1S/C18H24N2O2S/c1-11(2)10-15-16(12(3)4)19-18(20(21)22)17(15)23-14-8-6-13(5)7-9-14/h6-9,11-12,17H,10H2,1-5H3. The van der Waals surface area contributed by atoms with Crippen molar-refractivity contribution in [3.63, 3.8) is 0 Å². The number of aliphatic imine (C=N–C) groups is 1. The lowest BCUT2D eigenvalue weighted by Gasteiger charge is -2.16. The zero-order valence-corrected chi connectivity index (χ0v) is 15.2. The van der Waals surface area contributed by atoms with E-state index in [2.05, 4.69) is 32.7 Å². The van der Waals surface area contributed by atoms with Gasteiger partial charge in [0.1, 0.15) is 5.25 Å². The molecule has 1 aromatic rings. The Morgan fingerprint density at radius 2 is 1.83 bits per heavy atom. The van der Waals surface area contributed by atoms with Crippen LogP contribution in [0.15, 0.2) is 45.4 Å². The number of thioether (sulfide) groups is 1. The van der Waals surface area contributed by atoms with Gasteiger partial charge in [-0.15, -0.1) is 11.8 Å². The molecule has 0 N–H and O–H groups in total. The Labute approximate surface area is 142 Å². The van der Waals surface area contributed by atoms with Crippen LogP contribution in [-0.2, 0) is 0 Å². The fourth-order valence-corrected chi connectivity index (χ4v) is 3.88. The first kappa shape index (κ1) is 17.7. The highest BCUT2D eigenvalue weighted by Gasteiger charge is 2.41. The molecule has 23 heavy (non-hydrogen) atoms. The number of aryl methyl sites for hydroxylation is 1. The Hall–Kier alpha value is -1.62. The molecule has 1 aliphatic heterocycles. The first-order valence-electron chi connectivity index (χ1n) is 7.98. The minimum absolute atomic E-state index is 0.0786. The summed E-state index contributed by atoms with van der Waals surface area (Å²) in [6, 6.07) is 8.13. The summed E-state index contributed by atoms with van der Waals surface area (Å²) < 4.78 is 0. The van der Waals surface area contributed by atoms with Gasteiger partial charge < -0.3 is 10.1 Å². The molecule has 1 atom stereocenters. The van der Waals surface area contributed by atoms with E-state index >= 15 is 0 Å². The number of hydrogen-bond donors (Lipinski definition) is 0. The van der Waals surface area contributed by atoms with Crippen molar-refractivity contribution in [2.45, 2.75) is 51.2 Å². The van der Waals surface area contributed by atoms with Crippen molar-refractivity contribution >= 4 is 17.6 Å². The fraction of sp³-hybridized carbons (Fsp3) is 0.500. The van der Waals surface area contributed by atoms with Crippen LogP contribution in [0.5, 0.6) is 0 Å². The molecule has 2 rings (SSSR count). The van der Waals surface area contributed by atoms with Crippen LogP contribution in [0.2, 0.25) is 0 Å². The molecule has 1 unspecified atom stereocenters. The summed E-state index contributed by atoms with van der Waals surface area (Å²) in [5.74, 6) is 0.721. The molecule has 0 aromatic heterocycles. The Bertz CT molecular complexity index is 645. The molecule has 1 heterocycles. The summed E-state index contributed by atoms with van der Waals surface area (Å²) in [7, 11) is 0. The van der Waals surface area contributed by atoms with E-state index in [0.717, 1.165) is 22.6 Å². The Kier molecular flexibility index (Phi) is 5.63. The van der Waals surface area contributed by atoms with E-state index in [0.29, 0.717) is 5.92 Å². The first-order valence-corrected chi connectivity index (χ1v) is 8.86. The molecule has 5 heteroatoms. The average molecular weight is 332 g/mol. The van der Waals surface area contributed by atoms with E-state index in [4.69, 9.17) is 0 Å². The quantitative estimate of drug-likeness (QED) is 0.557. The number of allylic oxidation sites excluding steroid dienone is 1. The normalized spacial score (nSPS) is 18.0. The zero-order chi connectivity index (χ0) is 17.1. The van der Waals surface area contributed by atoms with E-state index in [9.17, 15) is 10.1 Å². The second-order valence-corrected chi connectivity index (χ2v) is 7.88. The van der Waals surface area contributed by atoms with Gasteiger partial charge in [0, 0.05) is 16.4 Å². The van der Waals surface area contributed by atoms with E-state index in [1.54, 1.807) is 0 Å². The maximum absolute atomic E-state index is 11.5. The highest BCUT2D eigenvalue weighted by molar-refractivity contribution is 8.00. The second kappa shape index (κ2) is 7.30. The van der Waals surface area contributed by atoms with Gasteiger partial charge in [-0.3, -0.25) is 0 Å². The molecule has 1 aliphatic rings. The third kappa shape index (κ3) is 4.22. The van der Waals surface area contributed by atoms with Crippen LogP contribution in [0, 0.1) is 28.9 Å². The lowest BCUT2D eigenvalue weighted by Crippen LogP contribution is -2.24. The average Bonchev–Trinajstić information content (AvgIpc) is 2.80. The van der Waals surface area contributed by atoms with Crippen molar-refractivity contribution in [1.29, 1.82) is 0 Å². The molecule has 0 fully saturated rings. The zero-order valence-electron chi connectivity index (χ0n) is 14.4. The number of benzene rings is 1. The predicted octanol–water partition coefficient (Wildman–Crippen LogP) is 5.10. The van der Waals surface area contributed by atoms with Crippen molar-refractivity contribution in [3.05, 3.63) is 51.2 Å². The Morgan fingerprint density at radius 1 is 1.22 bits per heavy atom. The molecule has 0 saturated heterocycles. The van der Waals surface area contributed by atoms with Gasteiger partial charge >= 0.3 is 5.84 Å². The van der Waals surface area contributed by atoms with Crippen molar-refractivity contribution in [1.82, 2.24) is 0 Å². The van der Waals surface area contributed by atoms with Crippen LogP contribution in [-0.4, -0.2) is 16.0 Å². The van der Waals surface area contributed by atoms with E-state index in [1.807, 2.05) is 31.2 Å². The van der Waals surface area contributed by atoms with Gasteiger partial charge in [-0.25, -0.2) is 0 Å². The SMILES string of the molecule is Cc1ccc(SC2C([N+](=O)[O-])=NC(C(C)C)=C2CC(C)C)cc1. The molecule has 0 amide bonds. The lowest BCUT2D eigenvalue weighted by atomic mass is 9.96. The summed E-state index contributed by atoms with van der Waals surface area (Å²) in [4.78, 5) is 16.6. The van der Waals surface area contributed by atoms with Crippen LogP contribution < -0.4 is 0 Å². The third-order valence-electron chi connectivity index (χ3n) is 3.75. The lowest BCUT2D eigenvalue weighted by molar-refractivity contribution is -0.351. The second-order valence-electron chi connectivity index (χ2n) is 6.70. The number of amidine groups is 1. The fourth-order valence-electron chi connectivity index (χ4n) is 2.71.